The number of likely N-dealkylation sites (N-methyl/N-ethyl adjacent to an activating group) is 1. The summed E-state index contributed by atoms with van der Waals surface area (Å²) in [4.78, 5) is 21.2. The molecule has 16 heavy (non-hydrogen) atoms. The molecule has 1 amide bonds. The van der Waals surface area contributed by atoms with Crippen molar-refractivity contribution in [3.05, 3.63) is 11.9 Å². The number of aromatic nitrogens is 2. The molecule has 0 aliphatic carbocycles. The molecule has 0 saturated heterocycles. The van der Waals surface area contributed by atoms with Crippen LogP contribution in [0.25, 0.3) is 0 Å². The van der Waals surface area contributed by atoms with Crippen LogP contribution in [-0.2, 0) is 4.79 Å². The third-order valence-electron chi connectivity index (χ3n) is 2.18. The number of rotatable bonds is 4. The van der Waals surface area contributed by atoms with Crippen LogP contribution in [0.5, 0.6) is 0 Å². The van der Waals surface area contributed by atoms with E-state index in [0.29, 0.717) is 24.0 Å². The summed E-state index contributed by atoms with van der Waals surface area (Å²) in [5, 5.41) is 2.92. The van der Waals surface area contributed by atoms with E-state index in [-0.39, 0.29) is 12.5 Å². The number of carbonyl (C=O) groups is 1. The summed E-state index contributed by atoms with van der Waals surface area (Å²) in [5.74, 6) is 1.56. The van der Waals surface area contributed by atoms with E-state index in [4.69, 9.17) is 5.73 Å². The summed E-state index contributed by atoms with van der Waals surface area (Å²) in [6.07, 6.45) is 0. The maximum Gasteiger partial charge on any atom is 0.241 e. The topological polar surface area (TPSA) is 84.1 Å². The molecule has 1 aromatic heterocycles. The molecule has 1 aromatic rings. The lowest BCUT2D eigenvalue weighted by Gasteiger charge is -2.15. The molecule has 0 unspecified atom stereocenters. The predicted molar refractivity (Wildman–Crippen MR) is 63.0 cm³/mol. The Morgan fingerprint density at radius 3 is 2.81 bits per heavy atom. The van der Waals surface area contributed by atoms with Crippen LogP contribution in [0, 0.1) is 6.92 Å². The van der Waals surface area contributed by atoms with Crippen LogP contribution in [0.2, 0.25) is 0 Å². The van der Waals surface area contributed by atoms with Gasteiger partial charge in [0, 0.05) is 19.7 Å². The minimum atomic E-state index is 0.0114. The zero-order valence-electron chi connectivity index (χ0n) is 9.82. The number of hydrogen-bond acceptors (Lipinski definition) is 5. The number of aryl methyl sites for hydroxylation is 1. The first-order chi connectivity index (χ1) is 7.52. The Morgan fingerprint density at radius 1 is 1.56 bits per heavy atom. The summed E-state index contributed by atoms with van der Waals surface area (Å²) in [6.45, 7) is 4.57. The second kappa shape index (κ2) is 5.29. The monoisotopic (exact) mass is 223 g/mol. The van der Waals surface area contributed by atoms with Gasteiger partial charge in [-0.1, -0.05) is 0 Å². The normalized spacial score (nSPS) is 9.94. The minimum absolute atomic E-state index is 0.0114. The van der Waals surface area contributed by atoms with Crippen molar-refractivity contribution in [2.24, 2.45) is 0 Å². The maximum atomic E-state index is 11.5. The quantitative estimate of drug-likeness (QED) is 0.764. The van der Waals surface area contributed by atoms with Crippen molar-refractivity contribution in [2.75, 3.05) is 31.2 Å². The van der Waals surface area contributed by atoms with Crippen molar-refractivity contribution >= 4 is 17.5 Å². The third kappa shape index (κ3) is 3.38. The van der Waals surface area contributed by atoms with Crippen LogP contribution >= 0.6 is 0 Å². The van der Waals surface area contributed by atoms with Crippen LogP contribution in [0.4, 0.5) is 11.6 Å². The molecule has 6 heteroatoms. The van der Waals surface area contributed by atoms with E-state index in [9.17, 15) is 4.79 Å². The molecule has 1 heterocycles. The van der Waals surface area contributed by atoms with Gasteiger partial charge in [-0.15, -0.1) is 0 Å². The van der Waals surface area contributed by atoms with Gasteiger partial charge in [-0.05, 0) is 13.8 Å². The number of carbonyl (C=O) groups excluding carboxylic acids is 1. The molecule has 0 atom stereocenters. The van der Waals surface area contributed by atoms with E-state index in [1.807, 2.05) is 6.92 Å². The molecule has 0 aliphatic rings. The summed E-state index contributed by atoms with van der Waals surface area (Å²) in [7, 11) is 1.75. The van der Waals surface area contributed by atoms with E-state index >= 15 is 0 Å². The van der Waals surface area contributed by atoms with Crippen LogP contribution in [-0.4, -0.2) is 40.9 Å². The van der Waals surface area contributed by atoms with Gasteiger partial charge in [0.15, 0.2) is 0 Å². The number of nitrogens with two attached hydrogens (primary N) is 1. The number of nitrogens with one attached hydrogen (secondary N) is 1. The molecule has 0 bridgehead atoms. The Kier molecular flexibility index (Phi) is 4.04. The van der Waals surface area contributed by atoms with Crippen molar-refractivity contribution in [3.63, 3.8) is 0 Å². The van der Waals surface area contributed by atoms with Crippen molar-refractivity contribution in [2.45, 2.75) is 13.8 Å². The highest BCUT2D eigenvalue weighted by atomic mass is 16.2. The molecule has 0 saturated carbocycles. The van der Waals surface area contributed by atoms with E-state index in [0.717, 1.165) is 0 Å². The van der Waals surface area contributed by atoms with Crippen molar-refractivity contribution in [3.8, 4) is 0 Å². The molecular formula is C10H17N5O. The first-order valence-corrected chi connectivity index (χ1v) is 5.12. The Balaban J connectivity index is 2.58. The van der Waals surface area contributed by atoms with Gasteiger partial charge >= 0.3 is 0 Å². The lowest BCUT2D eigenvalue weighted by molar-refractivity contribution is -0.127. The van der Waals surface area contributed by atoms with Crippen molar-refractivity contribution in [1.29, 1.82) is 0 Å². The fourth-order valence-electron chi connectivity index (χ4n) is 1.16. The molecule has 6 nitrogen and oxygen atoms in total. The first kappa shape index (κ1) is 12.2. The van der Waals surface area contributed by atoms with Gasteiger partial charge in [0.25, 0.3) is 0 Å². The summed E-state index contributed by atoms with van der Waals surface area (Å²) in [5.41, 5.74) is 5.57. The van der Waals surface area contributed by atoms with Crippen molar-refractivity contribution < 1.29 is 4.79 Å². The Bertz CT molecular complexity index is 359. The largest absolute Gasteiger partial charge is 0.384 e. The van der Waals surface area contributed by atoms with Crippen molar-refractivity contribution in [1.82, 2.24) is 14.9 Å². The summed E-state index contributed by atoms with van der Waals surface area (Å²) >= 11 is 0. The second-order valence-electron chi connectivity index (χ2n) is 3.49. The molecule has 88 valence electrons. The highest BCUT2D eigenvalue weighted by Gasteiger charge is 2.06. The molecule has 0 spiro atoms. The number of hydrogen-bond donors (Lipinski definition) is 2. The fourth-order valence-corrected chi connectivity index (χ4v) is 1.16. The maximum absolute atomic E-state index is 11.5. The Hall–Kier alpha value is -1.85. The molecular weight excluding hydrogens is 206 g/mol. The standard InChI is InChI=1S/C10H17N5O/c1-4-15(3)10(16)6-12-9-5-8(11)13-7(2)14-9/h5H,4,6H2,1-3H3,(H3,11,12,13,14). The molecule has 0 fully saturated rings. The van der Waals surface area contributed by atoms with Gasteiger partial charge < -0.3 is 16.0 Å². The molecule has 1 rings (SSSR count). The second-order valence-corrected chi connectivity index (χ2v) is 3.49. The third-order valence-corrected chi connectivity index (χ3v) is 2.18. The molecule has 0 radical (unpaired) electrons. The number of nitrogens with zero attached hydrogens (tertiary/aromatic N) is 3. The van der Waals surface area contributed by atoms with E-state index < -0.39 is 0 Å². The van der Waals surface area contributed by atoms with Crippen LogP contribution in [0.15, 0.2) is 6.07 Å². The van der Waals surface area contributed by atoms with Gasteiger partial charge in [0.2, 0.25) is 5.91 Å². The summed E-state index contributed by atoms with van der Waals surface area (Å²) < 4.78 is 0. The van der Waals surface area contributed by atoms with Crippen LogP contribution in [0.1, 0.15) is 12.7 Å². The summed E-state index contributed by atoms with van der Waals surface area (Å²) in [6, 6.07) is 1.60. The fraction of sp³-hybridized carbons (Fsp3) is 0.500. The number of amides is 1. The van der Waals surface area contributed by atoms with E-state index in [1.165, 1.54) is 0 Å². The van der Waals surface area contributed by atoms with Crippen LogP contribution < -0.4 is 11.1 Å². The minimum Gasteiger partial charge on any atom is -0.384 e. The van der Waals surface area contributed by atoms with E-state index in [2.05, 4.69) is 15.3 Å². The van der Waals surface area contributed by atoms with Gasteiger partial charge in [-0.3, -0.25) is 4.79 Å². The average Bonchev–Trinajstić information content (AvgIpc) is 2.23. The van der Waals surface area contributed by atoms with Gasteiger partial charge in [0.1, 0.15) is 17.5 Å². The zero-order chi connectivity index (χ0) is 12.1. The highest BCUT2D eigenvalue weighted by Crippen LogP contribution is 2.07. The Labute approximate surface area is 94.9 Å². The first-order valence-electron chi connectivity index (χ1n) is 5.12. The average molecular weight is 223 g/mol. The smallest absolute Gasteiger partial charge is 0.241 e. The molecule has 0 aliphatic heterocycles. The molecule has 3 N–H and O–H groups in total. The lowest BCUT2D eigenvalue weighted by atomic mass is 10.4. The zero-order valence-corrected chi connectivity index (χ0v) is 9.82. The van der Waals surface area contributed by atoms with Crippen LogP contribution in [0.3, 0.4) is 0 Å². The lowest BCUT2D eigenvalue weighted by Crippen LogP contribution is -2.32. The Morgan fingerprint density at radius 2 is 2.25 bits per heavy atom. The SMILES string of the molecule is CCN(C)C(=O)CNc1cc(N)nc(C)n1. The predicted octanol–water partition coefficient (Wildman–Crippen LogP) is 0.257. The van der Waals surface area contributed by atoms with Gasteiger partial charge in [-0.2, -0.15) is 0 Å². The number of nitrogen functional groups attached to an aromatic ring is 1. The van der Waals surface area contributed by atoms with Gasteiger partial charge in [0.05, 0.1) is 6.54 Å². The highest BCUT2D eigenvalue weighted by molar-refractivity contribution is 5.80. The molecule has 0 aromatic carbocycles. The van der Waals surface area contributed by atoms with E-state index in [1.54, 1.807) is 24.9 Å². The number of anilines is 2. The van der Waals surface area contributed by atoms with Gasteiger partial charge in [-0.25, -0.2) is 9.97 Å².